The number of aromatic amines is 1. The maximum absolute atomic E-state index is 13.4. The summed E-state index contributed by atoms with van der Waals surface area (Å²) in [6.45, 7) is 3.51. The molecule has 0 radical (unpaired) electrons. The predicted octanol–water partition coefficient (Wildman–Crippen LogP) is 4.08. The number of fused-ring (bicyclic) bond motifs is 1. The van der Waals surface area contributed by atoms with Crippen molar-refractivity contribution in [3.8, 4) is 0 Å². The number of hydrogen-bond donors (Lipinski definition) is 2. The van der Waals surface area contributed by atoms with Crippen molar-refractivity contribution in [3.63, 3.8) is 0 Å². The van der Waals surface area contributed by atoms with Gasteiger partial charge in [0.15, 0.2) is 0 Å². The predicted molar refractivity (Wildman–Crippen MR) is 109 cm³/mol. The second-order valence-electron chi connectivity index (χ2n) is 7.40. The number of piperidine rings is 1. The number of likely N-dealkylation sites (N-methyl/N-ethyl adjacent to an activating group) is 1. The Morgan fingerprint density at radius 1 is 1.36 bits per heavy atom. The minimum Gasteiger partial charge on any atom is -0.369 e. The number of hydrogen-bond acceptors (Lipinski definition) is 3. The second kappa shape index (κ2) is 7.50. The molecule has 0 spiro atoms. The highest BCUT2D eigenvalue weighted by molar-refractivity contribution is 5.90. The van der Waals surface area contributed by atoms with Crippen molar-refractivity contribution < 1.29 is 9.18 Å². The van der Waals surface area contributed by atoms with Crippen LogP contribution in [0.5, 0.6) is 0 Å². The average molecular weight is 381 g/mol. The van der Waals surface area contributed by atoms with Gasteiger partial charge in [-0.1, -0.05) is 13.0 Å². The first-order valence-electron chi connectivity index (χ1n) is 9.49. The number of urea groups is 1. The van der Waals surface area contributed by atoms with Crippen molar-refractivity contribution in [3.05, 3.63) is 54.6 Å². The molecule has 1 aliphatic rings. The number of pyridine rings is 1. The molecule has 2 aromatic heterocycles. The largest absolute Gasteiger partial charge is 0.369 e. The first-order chi connectivity index (χ1) is 13.5. The number of anilines is 2. The normalized spacial score (nSPS) is 19.6. The number of carbonyl (C=O) groups is 1. The van der Waals surface area contributed by atoms with Gasteiger partial charge in [-0.3, -0.25) is 0 Å². The lowest BCUT2D eigenvalue weighted by Gasteiger charge is -2.42. The van der Waals surface area contributed by atoms with E-state index in [1.807, 2.05) is 23.2 Å². The molecule has 28 heavy (non-hydrogen) atoms. The zero-order valence-electron chi connectivity index (χ0n) is 16.0. The van der Waals surface area contributed by atoms with Gasteiger partial charge in [-0.05, 0) is 42.7 Å². The molecule has 2 unspecified atom stereocenters. The third-order valence-electron chi connectivity index (χ3n) is 5.60. The molecule has 2 atom stereocenters. The molecule has 2 amide bonds. The molecule has 0 bridgehead atoms. The maximum Gasteiger partial charge on any atom is 0.321 e. The number of halogens is 1. The van der Waals surface area contributed by atoms with Crippen molar-refractivity contribution in [2.75, 3.05) is 30.4 Å². The van der Waals surface area contributed by atoms with E-state index < -0.39 is 0 Å². The SMILES string of the molecule is CC1CCN(C(=O)Nc2cccc(F)c2)CC1N(C)c1ccnc2[nH]ccc12. The van der Waals surface area contributed by atoms with E-state index in [1.54, 1.807) is 18.3 Å². The number of amides is 2. The smallest absolute Gasteiger partial charge is 0.321 e. The lowest BCUT2D eigenvalue weighted by atomic mass is 9.92. The fraction of sp³-hybridized carbons (Fsp3) is 0.333. The molecule has 146 valence electrons. The van der Waals surface area contributed by atoms with Crippen LogP contribution < -0.4 is 10.2 Å². The van der Waals surface area contributed by atoms with Gasteiger partial charge in [0, 0.05) is 55.3 Å². The molecule has 6 nitrogen and oxygen atoms in total. The van der Waals surface area contributed by atoms with E-state index in [0.717, 1.165) is 23.1 Å². The molecule has 3 aromatic rings. The number of carbonyl (C=O) groups excluding carboxylic acids is 1. The van der Waals surface area contributed by atoms with Crippen molar-refractivity contribution in [2.24, 2.45) is 5.92 Å². The Hall–Kier alpha value is -3.09. The van der Waals surface area contributed by atoms with E-state index in [9.17, 15) is 9.18 Å². The maximum atomic E-state index is 13.4. The Bertz CT molecular complexity index is 988. The van der Waals surface area contributed by atoms with Crippen LogP contribution in [-0.2, 0) is 0 Å². The molecule has 0 saturated carbocycles. The molecule has 1 fully saturated rings. The van der Waals surface area contributed by atoms with Crippen molar-refractivity contribution >= 4 is 28.4 Å². The fourth-order valence-electron chi connectivity index (χ4n) is 3.94. The van der Waals surface area contributed by atoms with Gasteiger partial charge in [-0.25, -0.2) is 14.2 Å². The number of aromatic nitrogens is 2. The van der Waals surface area contributed by atoms with Crippen LogP contribution in [0.3, 0.4) is 0 Å². The summed E-state index contributed by atoms with van der Waals surface area (Å²) in [5.74, 6) is 0.0706. The summed E-state index contributed by atoms with van der Waals surface area (Å²) in [4.78, 5) is 24.3. The summed E-state index contributed by atoms with van der Waals surface area (Å²) in [6, 6.07) is 9.98. The van der Waals surface area contributed by atoms with E-state index in [1.165, 1.54) is 12.1 Å². The summed E-state index contributed by atoms with van der Waals surface area (Å²) in [5, 5.41) is 3.87. The fourth-order valence-corrected chi connectivity index (χ4v) is 3.94. The number of likely N-dealkylation sites (tertiary alicyclic amines) is 1. The monoisotopic (exact) mass is 381 g/mol. The lowest BCUT2D eigenvalue weighted by Crippen LogP contribution is -2.53. The van der Waals surface area contributed by atoms with Gasteiger partial charge < -0.3 is 20.1 Å². The summed E-state index contributed by atoms with van der Waals surface area (Å²) in [5.41, 5.74) is 2.42. The first kappa shape index (κ1) is 18.3. The number of nitrogens with zero attached hydrogens (tertiary/aromatic N) is 3. The van der Waals surface area contributed by atoms with Crippen LogP contribution in [0.15, 0.2) is 48.8 Å². The topological polar surface area (TPSA) is 64.3 Å². The van der Waals surface area contributed by atoms with Crippen LogP contribution in [0.25, 0.3) is 11.0 Å². The Balaban J connectivity index is 1.51. The third-order valence-corrected chi connectivity index (χ3v) is 5.60. The Labute approximate surface area is 163 Å². The van der Waals surface area contributed by atoms with Crippen LogP contribution in [0, 0.1) is 11.7 Å². The quantitative estimate of drug-likeness (QED) is 0.719. The summed E-state index contributed by atoms with van der Waals surface area (Å²) < 4.78 is 13.4. The van der Waals surface area contributed by atoms with E-state index in [0.29, 0.717) is 24.7 Å². The highest BCUT2D eigenvalue weighted by atomic mass is 19.1. The highest BCUT2D eigenvalue weighted by Crippen LogP contribution is 2.30. The molecule has 1 aliphatic heterocycles. The van der Waals surface area contributed by atoms with E-state index in [2.05, 4.69) is 34.2 Å². The standard InChI is InChI=1S/C21H24FN5O/c1-14-8-11-27(21(28)25-16-5-3-4-15(22)12-16)13-19(14)26(2)18-7-10-24-20-17(18)6-9-23-20/h3-7,9-10,12,14,19H,8,11,13H2,1-2H3,(H,23,24)(H,25,28). The molecular weight excluding hydrogens is 357 g/mol. The van der Waals surface area contributed by atoms with Gasteiger partial charge >= 0.3 is 6.03 Å². The molecule has 3 heterocycles. The average Bonchev–Trinajstić information content (AvgIpc) is 3.16. The summed E-state index contributed by atoms with van der Waals surface area (Å²) in [7, 11) is 2.07. The van der Waals surface area contributed by atoms with Gasteiger partial charge in [-0.2, -0.15) is 0 Å². The minimum atomic E-state index is -0.365. The third kappa shape index (κ3) is 3.52. The van der Waals surface area contributed by atoms with Crippen LogP contribution in [0.2, 0.25) is 0 Å². The van der Waals surface area contributed by atoms with Crippen LogP contribution in [0.4, 0.5) is 20.6 Å². The zero-order chi connectivity index (χ0) is 19.7. The lowest BCUT2D eigenvalue weighted by molar-refractivity contribution is 0.172. The minimum absolute atomic E-state index is 0.174. The Kier molecular flexibility index (Phi) is 4.90. The van der Waals surface area contributed by atoms with Gasteiger partial charge in [0.2, 0.25) is 0 Å². The van der Waals surface area contributed by atoms with E-state index in [-0.39, 0.29) is 17.9 Å². The van der Waals surface area contributed by atoms with Crippen LogP contribution in [-0.4, -0.2) is 47.1 Å². The van der Waals surface area contributed by atoms with Crippen LogP contribution in [0.1, 0.15) is 13.3 Å². The molecule has 1 saturated heterocycles. The first-order valence-corrected chi connectivity index (χ1v) is 9.49. The van der Waals surface area contributed by atoms with Crippen molar-refractivity contribution in [1.82, 2.24) is 14.9 Å². The van der Waals surface area contributed by atoms with E-state index >= 15 is 0 Å². The highest BCUT2D eigenvalue weighted by Gasteiger charge is 2.32. The zero-order valence-corrected chi connectivity index (χ0v) is 16.0. The van der Waals surface area contributed by atoms with E-state index in [4.69, 9.17) is 0 Å². The van der Waals surface area contributed by atoms with Gasteiger partial charge in [0.1, 0.15) is 11.5 Å². The second-order valence-corrected chi connectivity index (χ2v) is 7.40. The number of benzene rings is 1. The van der Waals surface area contributed by atoms with Crippen LogP contribution >= 0.6 is 0 Å². The Morgan fingerprint density at radius 3 is 3.04 bits per heavy atom. The van der Waals surface area contributed by atoms with Crippen molar-refractivity contribution in [2.45, 2.75) is 19.4 Å². The number of nitrogens with one attached hydrogen (secondary N) is 2. The molecule has 1 aromatic carbocycles. The summed E-state index contributed by atoms with van der Waals surface area (Å²) in [6.07, 6.45) is 4.59. The van der Waals surface area contributed by atoms with Crippen molar-refractivity contribution in [1.29, 1.82) is 0 Å². The summed E-state index contributed by atoms with van der Waals surface area (Å²) >= 11 is 0. The molecule has 4 rings (SSSR count). The number of H-pyrrole nitrogens is 1. The molecule has 0 aliphatic carbocycles. The Morgan fingerprint density at radius 2 is 2.21 bits per heavy atom. The van der Waals surface area contributed by atoms with Gasteiger partial charge in [-0.15, -0.1) is 0 Å². The molecular formula is C21H24FN5O. The van der Waals surface area contributed by atoms with Gasteiger partial charge in [0.05, 0.1) is 0 Å². The molecule has 7 heteroatoms. The molecule has 2 N–H and O–H groups in total. The number of rotatable bonds is 3. The van der Waals surface area contributed by atoms with Gasteiger partial charge in [0.25, 0.3) is 0 Å².